The number of ether oxygens (including phenoxy) is 2. The van der Waals surface area contributed by atoms with Crippen molar-refractivity contribution in [3.05, 3.63) is 29.9 Å². The standard InChI is InChI=1S/C20H24N4O4/c25-19(21-14-6-7-15-16(12-14)27-11-10-26-15)23-20(8-2-1-3-9-20)18-22-17(24-28-18)13-4-5-13/h6-7,12-13H,1-5,8-11H2,(H2,21,23,25). The van der Waals surface area contributed by atoms with Gasteiger partial charge in [-0.2, -0.15) is 4.98 Å². The summed E-state index contributed by atoms with van der Waals surface area (Å²) in [6.07, 6.45) is 7.02. The Morgan fingerprint density at radius 1 is 1.07 bits per heavy atom. The first-order chi connectivity index (χ1) is 13.7. The van der Waals surface area contributed by atoms with Crippen molar-refractivity contribution in [2.45, 2.75) is 56.4 Å². The molecule has 2 fully saturated rings. The number of nitrogens with zero attached hydrogens (tertiary/aromatic N) is 2. The highest BCUT2D eigenvalue weighted by molar-refractivity contribution is 5.90. The van der Waals surface area contributed by atoms with E-state index in [0.29, 0.717) is 42.2 Å². The van der Waals surface area contributed by atoms with Gasteiger partial charge in [0.05, 0.1) is 0 Å². The van der Waals surface area contributed by atoms with Gasteiger partial charge in [-0.25, -0.2) is 4.79 Å². The first kappa shape index (κ1) is 17.3. The summed E-state index contributed by atoms with van der Waals surface area (Å²) in [7, 11) is 0. The summed E-state index contributed by atoms with van der Waals surface area (Å²) >= 11 is 0. The Balaban J connectivity index is 1.33. The quantitative estimate of drug-likeness (QED) is 0.834. The molecule has 8 nitrogen and oxygen atoms in total. The molecule has 0 bridgehead atoms. The third kappa shape index (κ3) is 3.39. The van der Waals surface area contributed by atoms with Crippen LogP contribution in [-0.4, -0.2) is 29.4 Å². The lowest BCUT2D eigenvalue weighted by Crippen LogP contribution is -2.49. The van der Waals surface area contributed by atoms with Crippen LogP contribution < -0.4 is 20.1 Å². The molecule has 0 saturated heterocycles. The van der Waals surface area contributed by atoms with E-state index in [1.54, 1.807) is 18.2 Å². The average molecular weight is 384 g/mol. The maximum atomic E-state index is 12.8. The van der Waals surface area contributed by atoms with Crippen molar-refractivity contribution in [2.24, 2.45) is 0 Å². The Hall–Kier alpha value is -2.77. The predicted octanol–water partition coefficient (Wildman–Crippen LogP) is 3.70. The van der Waals surface area contributed by atoms with Crippen molar-refractivity contribution >= 4 is 11.7 Å². The lowest BCUT2D eigenvalue weighted by atomic mass is 9.81. The van der Waals surface area contributed by atoms with Crippen LogP contribution in [0.3, 0.4) is 0 Å². The van der Waals surface area contributed by atoms with Crippen molar-refractivity contribution in [1.82, 2.24) is 15.5 Å². The Morgan fingerprint density at radius 3 is 2.64 bits per heavy atom. The van der Waals surface area contributed by atoms with Gasteiger partial charge in [-0.3, -0.25) is 0 Å². The molecule has 2 heterocycles. The highest BCUT2D eigenvalue weighted by Gasteiger charge is 2.42. The van der Waals surface area contributed by atoms with Gasteiger partial charge in [0, 0.05) is 17.7 Å². The smallest absolute Gasteiger partial charge is 0.320 e. The zero-order chi connectivity index (χ0) is 19.0. The van der Waals surface area contributed by atoms with Crippen LogP contribution in [0.1, 0.15) is 62.6 Å². The maximum absolute atomic E-state index is 12.8. The number of nitrogens with one attached hydrogen (secondary N) is 2. The number of carbonyl (C=O) groups excluding carboxylic acids is 1. The van der Waals surface area contributed by atoms with E-state index in [1.165, 1.54) is 0 Å². The number of anilines is 1. The molecular weight excluding hydrogens is 360 g/mol. The minimum Gasteiger partial charge on any atom is -0.486 e. The van der Waals surface area contributed by atoms with E-state index in [2.05, 4.69) is 20.8 Å². The number of urea groups is 1. The van der Waals surface area contributed by atoms with Gasteiger partial charge in [-0.1, -0.05) is 24.4 Å². The van der Waals surface area contributed by atoms with Gasteiger partial charge in [-0.15, -0.1) is 0 Å². The summed E-state index contributed by atoms with van der Waals surface area (Å²) < 4.78 is 16.7. The maximum Gasteiger partial charge on any atom is 0.320 e. The lowest BCUT2D eigenvalue weighted by molar-refractivity contribution is 0.171. The number of rotatable bonds is 4. The molecule has 2 aliphatic carbocycles. The largest absolute Gasteiger partial charge is 0.486 e. The normalized spacial score (nSPS) is 20.4. The Kier molecular flexibility index (Phi) is 4.33. The van der Waals surface area contributed by atoms with Gasteiger partial charge in [0.1, 0.15) is 18.8 Å². The van der Waals surface area contributed by atoms with E-state index in [9.17, 15) is 4.79 Å². The molecule has 1 aliphatic heterocycles. The van der Waals surface area contributed by atoms with Gasteiger partial charge in [0.25, 0.3) is 5.89 Å². The highest BCUT2D eigenvalue weighted by atomic mass is 16.6. The van der Waals surface area contributed by atoms with Crippen LogP contribution in [0.2, 0.25) is 0 Å². The second kappa shape index (κ2) is 7.00. The number of aromatic nitrogens is 2. The number of carbonyl (C=O) groups is 1. The van der Waals surface area contributed by atoms with Crippen LogP contribution in [-0.2, 0) is 5.54 Å². The molecule has 28 heavy (non-hydrogen) atoms. The van der Waals surface area contributed by atoms with E-state index < -0.39 is 5.54 Å². The number of fused-ring (bicyclic) bond motifs is 1. The summed E-state index contributed by atoms with van der Waals surface area (Å²) in [5, 5.41) is 10.2. The first-order valence-electron chi connectivity index (χ1n) is 10.0. The Morgan fingerprint density at radius 2 is 1.86 bits per heavy atom. The molecule has 3 aliphatic rings. The lowest BCUT2D eigenvalue weighted by Gasteiger charge is -2.34. The molecule has 148 valence electrons. The van der Waals surface area contributed by atoms with Gasteiger partial charge < -0.3 is 24.6 Å². The van der Waals surface area contributed by atoms with Crippen molar-refractivity contribution in [3.63, 3.8) is 0 Å². The van der Waals surface area contributed by atoms with Gasteiger partial charge in [-0.05, 0) is 37.8 Å². The fourth-order valence-corrected chi connectivity index (χ4v) is 3.99. The van der Waals surface area contributed by atoms with Crippen molar-refractivity contribution in [2.75, 3.05) is 18.5 Å². The molecule has 0 radical (unpaired) electrons. The topological polar surface area (TPSA) is 98.5 Å². The highest BCUT2D eigenvalue weighted by Crippen LogP contribution is 2.41. The molecule has 0 atom stereocenters. The molecule has 2 aromatic rings. The molecular formula is C20H24N4O4. The monoisotopic (exact) mass is 384 g/mol. The van der Waals surface area contributed by atoms with Crippen LogP contribution in [0, 0.1) is 0 Å². The molecule has 8 heteroatoms. The summed E-state index contributed by atoms with van der Waals surface area (Å²) in [6.45, 7) is 1.04. The van der Waals surface area contributed by atoms with Crippen molar-refractivity contribution < 1.29 is 18.8 Å². The van der Waals surface area contributed by atoms with Crippen molar-refractivity contribution in [1.29, 1.82) is 0 Å². The molecule has 5 rings (SSSR count). The van der Waals surface area contributed by atoms with E-state index in [1.807, 2.05) is 0 Å². The zero-order valence-corrected chi connectivity index (χ0v) is 15.7. The van der Waals surface area contributed by atoms with E-state index >= 15 is 0 Å². The molecule has 1 aromatic heterocycles. The van der Waals surface area contributed by atoms with Crippen LogP contribution in [0.4, 0.5) is 10.5 Å². The molecule has 0 spiro atoms. The average Bonchev–Trinajstić information content (AvgIpc) is 3.44. The zero-order valence-electron chi connectivity index (χ0n) is 15.7. The molecule has 1 aromatic carbocycles. The minimum atomic E-state index is -0.601. The fraction of sp³-hybridized carbons (Fsp3) is 0.550. The van der Waals surface area contributed by atoms with Crippen LogP contribution in [0.25, 0.3) is 0 Å². The second-order valence-corrected chi connectivity index (χ2v) is 7.81. The SMILES string of the molecule is O=C(Nc1ccc2c(c1)OCCO2)NC1(c2nc(C3CC3)no2)CCCCC1. The number of hydrogen-bond donors (Lipinski definition) is 2. The van der Waals surface area contributed by atoms with E-state index in [0.717, 1.165) is 50.8 Å². The predicted molar refractivity (Wildman–Crippen MR) is 101 cm³/mol. The third-order valence-corrected chi connectivity index (χ3v) is 5.65. The summed E-state index contributed by atoms with van der Waals surface area (Å²) in [5.74, 6) is 3.06. The molecule has 2 N–H and O–H groups in total. The van der Waals surface area contributed by atoms with Crippen LogP contribution in [0.15, 0.2) is 22.7 Å². The van der Waals surface area contributed by atoms with Gasteiger partial charge in [0.2, 0.25) is 0 Å². The summed E-state index contributed by atoms with van der Waals surface area (Å²) in [5.41, 5.74) is 0.0490. The van der Waals surface area contributed by atoms with E-state index in [-0.39, 0.29) is 6.03 Å². The molecule has 0 unspecified atom stereocenters. The van der Waals surface area contributed by atoms with Gasteiger partial charge >= 0.3 is 6.03 Å². The second-order valence-electron chi connectivity index (χ2n) is 7.81. The van der Waals surface area contributed by atoms with Crippen LogP contribution in [0.5, 0.6) is 11.5 Å². The fourth-order valence-electron chi connectivity index (χ4n) is 3.99. The summed E-state index contributed by atoms with van der Waals surface area (Å²) in [4.78, 5) is 17.4. The van der Waals surface area contributed by atoms with Crippen molar-refractivity contribution in [3.8, 4) is 11.5 Å². The Bertz CT molecular complexity index is 871. The number of amides is 2. The number of hydrogen-bond acceptors (Lipinski definition) is 6. The molecule has 2 amide bonds. The number of benzene rings is 1. The third-order valence-electron chi connectivity index (χ3n) is 5.65. The summed E-state index contributed by atoms with van der Waals surface area (Å²) in [6, 6.07) is 5.10. The van der Waals surface area contributed by atoms with Gasteiger partial charge in [0.15, 0.2) is 17.3 Å². The Labute approximate surface area is 163 Å². The van der Waals surface area contributed by atoms with E-state index in [4.69, 9.17) is 14.0 Å². The first-order valence-corrected chi connectivity index (χ1v) is 10.0. The minimum absolute atomic E-state index is 0.287. The molecule has 2 saturated carbocycles. The van der Waals surface area contributed by atoms with Crippen LogP contribution >= 0.6 is 0 Å².